The summed E-state index contributed by atoms with van der Waals surface area (Å²) in [6, 6.07) is 4.15. The van der Waals surface area contributed by atoms with Crippen LogP contribution in [0, 0.1) is 0 Å². The number of ether oxygens (including phenoxy) is 1. The van der Waals surface area contributed by atoms with E-state index in [1.165, 1.54) is 5.56 Å². The predicted octanol–water partition coefficient (Wildman–Crippen LogP) is 3.29. The lowest BCUT2D eigenvalue weighted by Gasteiger charge is -2.18. The second-order valence-corrected chi connectivity index (χ2v) is 5.71. The Bertz CT molecular complexity index is 424. The summed E-state index contributed by atoms with van der Waals surface area (Å²) < 4.78 is 7.00. The van der Waals surface area contributed by atoms with Gasteiger partial charge in [0.2, 0.25) is 0 Å². The molecule has 1 aromatic carbocycles. The van der Waals surface area contributed by atoms with Crippen molar-refractivity contribution in [1.82, 2.24) is 0 Å². The molecule has 0 atom stereocenters. The van der Waals surface area contributed by atoms with Crippen molar-refractivity contribution in [1.29, 1.82) is 0 Å². The number of rotatable bonds is 3. The molecular formula is C13H15BrO2. The van der Waals surface area contributed by atoms with E-state index in [4.69, 9.17) is 4.74 Å². The smallest absolute Gasteiger partial charge is 0.126 e. The van der Waals surface area contributed by atoms with Gasteiger partial charge in [-0.15, -0.1) is 0 Å². The van der Waals surface area contributed by atoms with Crippen LogP contribution in [0.25, 0.3) is 0 Å². The highest BCUT2D eigenvalue weighted by atomic mass is 79.9. The Balaban J connectivity index is 2.37. The molecule has 0 fully saturated rings. The SMILES string of the molecule is CC1(C)Cc2cc(Br)cc(CCC=O)c2O1. The summed E-state index contributed by atoms with van der Waals surface area (Å²) in [6.07, 6.45) is 3.18. The van der Waals surface area contributed by atoms with Gasteiger partial charge >= 0.3 is 0 Å². The molecule has 0 unspecified atom stereocenters. The van der Waals surface area contributed by atoms with Crippen molar-refractivity contribution in [2.45, 2.75) is 38.7 Å². The lowest BCUT2D eigenvalue weighted by atomic mass is 9.99. The second kappa shape index (κ2) is 4.21. The lowest BCUT2D eigenvalue weighted by molar-refractivity contribution is -0.107. The molecule has 1 aliphatic heterocycles. The first-order valence-electron chi connectivity index (χ1n) is 5.46. The highest BCUT2D eigenvalue weighted by Gasteiger charge is 2.31. The van der Waals surface area contributed by atoms with Crippen molar-refractivity contribution in [2.24, 2.45) is 0 Å². The Labute approximate surface area is 104 Å². The Morgan fingerprint density at radius 1 is 1.50 bits per heavy atom. The van der Waals surface area contributed by atoms with Gasteiger partial charge in [-0.2, -0.15) is 0 Å². The van der Waals surface area contributed by atoms with Gasteiger partial charge in [0, 0.05) is 17.3 Å². The molecule has 16 heavy (non-hydrogen) atoms. The molecule has 0 aliphatic carbocycles. The minimum Gasteiger partial charge on any atom is -0.487 e. The Morgan fingerprint density at radius 3 is 2.94 bits per heavy atom. The summed E-state index contributed by atoms with van der Waals surface area (Å²) in [7, 11) is 0. The first kappa shape index (κ1) is 11.6. The van der Waals surface area contributed by atoms with E-state index in [1.54, 1.807) is 0 Å². The summed E-state index contributed by atoms with van der Waals surface area (Å²) in [6.45, 7) is 4.18. The van der Waals surface area contributed by atoms with Gasteiger partial charge in [-0.25, -0.2) is 0 Å². The largest absolute Gasteiger partial charge is 0.487 e. The fraction of sp³-hybridized carbons (Fsp3) is 0.462. The number of hydrogen-bond acceptors (Lipinski definition) is 2. The number of carbonyl (C=O) groups excluding carboxylic acids is 1. The van der Waals surface area contributed by atoms with Crippen LogP contribution in [0.3, 0.4) is 0 Å². The van der Waals surface area contributed by atoms with Gasteiger partial charge in [0.1, 0.15) is 17.6 Å². The molecule has 86 valence electrons. The third-order valence-electron chi connectivity index (χ3n) is 2.73. The molecular weight excluding hydrogens is 268 g/mol. The molecule has 1 aromatic rings. The molecule has 0 N–H and O–H groups in total. The van der Waals surface area contributed by atoms with E-state index in [0.717, 1.165) is 34.9 Å². The van der Waals surface area contributed by atoms with Crippen LogP contribution in [-0.2, 0) is 17.6 Å². The molecule has 1 aliphatic rings. The van der Waals surface area contributed by atoms with Crippen molar-refractivity contribution in [3.63, 3.8) is 0 Å². The lowest BCUT2D eigenvalue weighted by Crippen LogP contribution is -2.24. The van der Waals surface area contributed by atoms with Gasteiger partial charge in [-0.1, -0.05) is 15.9 Å². The first-order chi connectivity index (χ1) is 7.52. The summed E-state index contributed by atoms with van der Waals surface area (Å²) >= 11 is 3.50. The van der Waals surface area contributed by atoms with Crippen LogP contribution in [0.5, 0.6) is 5.75 Å². The molecule has 0 bridgehead atoms. The number of halogens is 1. The number of aryl methyl sites for hydroxylation is 1. The van der Waals surface area contributed by atoms with E-state index in [9.17, 15) is 4.79 Å². The van der Waals surface area contributed by atoms with Gasteiger partial charge < -0.3 is 9.53 Å². The molecule has 0 amide bonds. The number of hydrogen-bond donors (Lipinski definition) is 0. The quantitative estimate of drug-likeness (QED) is 0.796. The van der Waals surface area contributed by atoms with Crippen LogP contribution in [0.2, 0.25) is 0 Å². The van der Waals surface area contributed by atoms with Crippen LogP contribution < -0.4 is 4.74 Å². The fourth-order valence-corrected chi connectivity index (χ4v) is 2.70. The monoisotopic (exact) mass is 282 g/mol. The molecule has 0 spiro atoms. The number of benzene rings is 1. The van der Waals surface area contributed by atoms with Crippen molar-refractivity contribution in [2.75, 3.05) is 0 Å². The Kier molecular flexibility index (Phi) is 3.06. The standard InChI is InChI=1S/C13H15BrO2/c1-13(2)8-10-7-11(14)6-9(4-3-5-15)12(10)16-13/h5-7H,3-4,8H2,1-2H3. The Hall–Kier alpha value is -0.830. The van der Waals surface area contributed by atoms with Gasteiger partial charge in [0.25, 0.3) is 0 Å². The van der Waals surface area contributed by atoms with E-state index in [-0.39, 0.29) is 5.60 Å². The highest BCUT2D eigenvalue weighted by molar-refractivity contribution is 9.10. The summed E-state index contributed by atoms with van der Waals surface area (Å²) in [5.41, 5.74) is 2.24. The first-order valence-corrected chi connectivity index (χ1v) is 6.25. The predicted molar refractivity (Wildman–Crippen MR) is 66.9 cm³/mol. The third-order valence-corrected chi connectivity index (χ3v) is 3.19. The Morgan fingerprint density at radius 2 is 2.25 bits per heavy atom. The van der Waals surface area contributed by atoms with E-state index in [1.807, 2.05) is 6.07 Å². The number of aldehydes is 1. The zero-order chi connectivity index (χ0) is 11.8. The molecule has 0 radical (unpaired) electrons. The maximum absolute atomic E-state index is 10.4. The van der Waals surface area contributed by atoms with Gasteiger partial charge in [-0.3, -0.25) is 0 Å². The van der Waals surface area contributed by atoms with Gasteiger partial charge in [-0.05, 0) is 43.5 Å². The molecule has 1 heterocycles. The maximum atomic E-state index is 10.4. The van der Waals surface area contributed by atoms with Gasteiger partial charge in [0.05, 0.1) is 0 Å². The highest BCUT2D eigenvalue weighted by Crippen LogP contribution is 2.39. The average Bonchev–Trinajstić information content (AvgIpc) is 2.48. The van der Waals surface area contributed by atoms with E-state index >= 15 is 0 Å². The number of fused-ring (bicyclic) bond motifs is 1. The summed E-state index contributed by atoms with van der Waals surface area (Å²) in [5.74, 6) is 0.982. The molecule has 3 heteroatoms. The van der Waals surface area contributed by atoms with Crippen LogP contribution in [-0.4, -0.2) is 11.9 Å². The molecule has 0 saturated carbocycles. The van der Waals surface area contributed by atoms with Gasteiger partial charge in [0.15, 0.2) is 0 Å². The van der Waals surface area contributed by atoms with Crippen LogP contribution in [0.1, 0.15) is 31.4 Å². The van der Waals surface area contributed by atoms with Crippen LogP contribution in [0.15, 0.2) is 16.6 Å². The minimum absolute atomic E-state index is 0.126. The van der Waals surface area contributed by atoms with E-state index in [2.05, 4.69) is 35.8 Å². The molecule has 2 nitrogen and oxygen atoms in total. The normalized spacial score (nSPS) is 16.7. The summed E-state index contributed by atoms with van der Waals surface area (Å²) in [4.78, 5) is 10.4. The number of carbonyl (C=O) groups is 1. The minimum atomic E-state index is -0.126. The van der Waals surface area contributed by atoms with Crippen molar-refractivity contribution in [3.8, 4) is 5.75 Å². The van der Waals surface area contributed by atoms with Crippen molar-refractivity contribution >= 4 is 22.2 Å². The zero-order valence-corrected chi connectivity index (χ0v) is 11.1. The fourth-order valence-electron chi connectivity index (χ4n) is 2.15. The zero-order valence-electron chi connectivity index (χ0n) is 9.55. The van der Waals surface area contributed by atoms with Crippen LogP contribution in [0.4, 0.5) is 0 Å². The second-order valence-electron chi connectivity index (χ2n) is 4.80. The molecule has 0 aromatic heterocycles. The van der Waals surface area contributed by atoms with Crippen molar-refractivity contribution in [3.05, 3.63) is 27.7 Å². The van der Waals surface area contributed by atoms with E-state index < -0.39 is 0 Å². The maximum Gasteiger partial charge on any atom is 0.126 e. The van der Waals surface area contributed by atoms with Crippen molar-refractivity contribution < 1.29 is 9.53 Å². The van der Waals surface area contributed by atoms with E-state index in [0.29, 0.717) is 6.42 Å². The van der Waals surface area contributed by atoms with Crippen LogP contribution >= 0.6 is 15.9 Å². The summed E-state index contributed by atoms with van der Waals surface area (Å²) in [5, 5.41) is 0. The topological polar surface area (TPSA) is 26.3 Å². The average molecular weight is 283 g/mol. The molecule has 0 saturated heterocycles. The molecule has 2 rings (SSSR count). The third kappa shape index (κ3) is 2.29.